The van der Waals surface area contributed by atoms with E-state index in [0.717, 1.165) is 55.3 Å². The van der Waals surface area contributed by atoms with Crippen molar-refractivity contribution in [2.24, 2.45) is 17.6 Å². The number of allylic oxidation sites excluding steroid dienone is 2. The Balaban J connectivity index is 0.868. The predicted octanol–water partition coefficient (Wildman–Crippen LogP) is 4.93. The van der Waals surface area contributed by atoms with E-state index in [9.17, 15) is 22.8 Å². The zero-order chi connectivity index (χ0) is 34.5. The number of likely N-dealkylation sites (tertiary alicyclic amines) is 1. The van der Waals surface area contributed by atoms with Crippen LogP contribution in [0.15, 0.2) is 34.8 Å². The number of aromatic nitrogens is 2. The number of amides is 3. The van der Waals surface area contributed by atoms with Gasteiger partial charge in [-0.1, -0.05) is 36.6 Å². The molecular formula is C36H45N5O7S. The summed E-state index contributed by atoms with van der Waals surface area (Å²) in [5, 5.41) is 0.910. The summed E-state index contributed by atoms with van der Waals surface area (Å²) in [7, 11) is -3.59. The maximum absolute atomic E-state index is 13.3. The first-order valence-electron chi connectivity index (χ1n) is 17.6. The van der Waals surface area contributed by atoms with E-state index in [1.54, 1.807) is 11.8 Å². The maximum Gasteiger partial charge on any atom is 0.262 e. The Bertz CT molecular complexity index is 1930. The molecule has 3 heterocycles. The number of furan rings is 1. The summed E-state index contributed by atoms with van der Waals surface area (Å²) in [4.78, 5) is 49.1. The Labute approximate surface area is 286 Å². The lowest BCUT2D eigenvalue weighted by atomic mass is 10.1. The number of unbranched alkanes of at least 4 members (excludes halogenated alkanes) is 4. The van der Waals surface area contributed by atoms with Crippen LogP contribution in [0, 0.1) is 18.8 Å². The number of nitrogens with one attached hydrogen (secondary N) is 1. The average molecular weight is 692 g/mol. The highest BCUT2D eigenvalue weighted by Gasteiger charge is 2.52. The van der Waals surface area contributed by atoms with Crippen LogP contribution in [-0.2, 0) is 24.4 Å². The monoisotopic (exact) mass is 691 g/mol. The number of nitrogens with two attached hydrogens (primary N) is 1. The van der Waals surface area contributed by atoms with E-state index in [2.05, 4.69) is 10.8 Å². The third kappa shape index (κ3) is 7.18. The van der Waals surface area contributed by atoms with Gasteiger partial charge in [0.2, 0.25) is 33.3 Å². The van der Waals surface area contributed by atoms with Crippen LogP contribution in [-0.4, -0.2) is 64.4 Å². The second kappa shape index (κ2) is 13.0. The number of benzene rings is 1. The highest BCUT2D eigenvalue weighted by Crippen LogP contribution is 2.45. The van der Waals surface area contributed by atoms with Gasteiger partial charge in [-0.2, -0.15) is 4.98 Å². The van der Waals surface area contributed by atoms with Gasteiger partial charge in [-0.25, -0.2) is 13.4 Å². The molecule has 4 aliphatic rings. The zero-order valence-corrected chi connectivity index (χ0v) is 29.0. The molecule has 0 spiro atoms. The second-order valence-corrected chi connectivity index (χ2v) is 16.9. The van der Waals surface area contributed by atoms with E-state index in [1.807, 2.05) is 31.2 Å². The minimum Gasteiger partial charge on any atom is -0.470 e. The lowest BCUT2D eigenvalue weighted by Crippen LogP contribution is -2.43. The van der Waals surface area contributed by atoms with Crippen molar-refractivity contribution in [1.29, 1.82) is 0 Å². The first-order valence-corrected chi connectivity index (χ1v) is 19.1. The van der Waals surface area contributed by atoms with Crippen molar-refractivity contribution in [3.63, 3.8) is 0 Å². The lowest BCUT2D eigenvalue weighted by molar-refractivity contribution is -0.137. The van der Waals surface area contributed by atoms with Crippen LogP contribution in [0.5, 0.6) is 5.88 Å². The number of primary amides is 1. The number of carbonyl (C=O) groups is 3. The van der Waals surface area contributed by atoms with Gasteiger partial charge in [-0.3, -0.25) is 19.1 Å². The van der Waals surface area contributed by atoms with Crippen molar-refractivity contribution in [1.82, 2.24) is 19.6 Å². The van der Waals surface area contributed by atoms with Gasteiger partial charge in [0.25, 0.3) is 5.88 Å². The van der Waals surface area contributed by atoms with Crippen LogP contribution < -0.4 is 15.2 Å². The van der Waals surface area contributed by atoms with Crippen LogP contribution in [0.1, 0.15) is 101 Å². The largest absolute Gasteiger partial charge is 0.470 e. The van der Waals surface area contributed by atoms with Crippen molar-refractivity contribution in [3.05, 3.63) is 41.7 Å². The molecule has 3 amide bonds. The van der Waals surface area contributed by atoms with Crippen molar-refractivity contribution in [2.75, 3.05) is 6.54 Å². The molecule has 7 rings (SSSR count). The molecule has 0 bridgehead atoms. The predicted molar refractivity (Wildman–Crippen MR) is 183 cm³/mol. The van der Waals surface area contributed by atoms with Gasteiger partial charge in [-0.15, -0.1) is 0 Å². The molecule has 49 heavy (non-hydrogen) atoms. The molecule has 0 unspecified atom stereocenters. The SMILES string of the molecule is Cc1ccc2oc3c(O[C@@H]4C[C@@H](C(N)=O)N(C(=O)CCCCCC/C=C\[C@@H]5C[C@@H]5C(=O)NS(=O)(=O)C5(C)CC5)C4)nc(C4CC4)nc3c2c1. The molecular weight excluding hydrogens is 646 g/mol. The molecule has 3 aromatic rings. The molecule has 3 N–H and O–H groups in total. The Morgan fingerprint density at radius 3 is 2.63 bits per heavy atom. The molecule has 262 valence electrons. The minimum atomic E-state index is -3.59. The molecule has 0 radical (unpaired) electrons. The van der Waals surface area contributed by atoms with Crippen LogP contribution >= 0.6 is 0 Å². The fraction of sp³-hybridized carbons (Fsp3) is 0.583. The molecule has 1 saturated heterocycles. The van der Waals surface area contributed by atoms with Gasteiger partial charge in [0.1, 0.15) is 29.1 Å². The van der Waals surface area contributed by atoms with Crippen molar-refractivity contribution < 1.29 is 32.0 Å². The minimum absolute atomic E-state index is 0.0925. The maximum atomic E-state index is 13.3. The number of ether oxygens (including phenoxy) is 1. The van der Waals surface area contributed by atoms with Gasteiger partial charge >= 0.3 is 0 Å². The van der Waals surface area contributed by atoms with Crippen LogP contribution in [0.25, 0.3) is 22.1 Å². The number of rotatable bonds is 15. The molecule has 1 aromatic carbocycles. The number of hydrogen-bond acceptors (Lipinski definition) is 9. The summed E-state index contributed by atoms with van der Waals surface area (Å²) in [6, 6.07) is 5.20. The Hall–Kier alpha value is -4.00. The van der Waals surface area contributed by atoms with E-state index in [1.165, 1.54) is 0 Å². The molecule has 12 nitrogen and oxygen atoms in total. The summed E-state index contributed by atoms with van der Waals surface area (Å²) >= 11 is 0. The molecule has 4 atom stereocenters. The van der Waals surface area contributed by atoms with Crippen LogP contribution in [0.4, 0.5) is 0 Å². The van der Waals surface area contributed by atoms with E-state index in [4.69, 9.17) is 24.9 Å². The van der Waals surface area contributed by atoms with Gasteiger partial charge < -0.3 is 19.8 Å². The smallest absolute Gasteiger partial charge is 0.262 e. The summed E-state index contributed by atoms with van der Waals surface area (Å²) in [5.74, 6) is 0.138. The van der Waals surface area contributed by atoms with E-state index in [-0.39, 0.29) is 30.7 Å². The normalized spacial score (nSPS) is 24.5. The molecule has 13 heteroatoms. The third-order valence-electron chi connectivity index (χ3n) is 10.5. The Morgan fingerprint density at radius 2 is 1.90 bits per heavy atom. The fourth-order valence-corrected chi connectivity index (χ4v) is 8.05. The van der Waals surface area contributed by atoms with Crippen molar-refractivity contribution in [2.45, 2.75) is 114 Å². The number of nitrogens with zero attached hydrogens (tertiary/aromatic N) is 3. The first-order chi connectivity index (χ1) is 23.4. The highest BCUT2D eigenvalue weighted by atomic mass is 32.2. The van der Waals surface area contributed by atoms with E-state index in [0.29, 0.717) is 60.6 Å². The summed E-state index contributed by atoms with van der Waals surface area (Å²) in [5.41, 5.74) is 8.73. The standard InChI is InChI=1S/C36H45N5O7S/c1-21-11-14-28-26(17-21)30-31(48-28)35(39-33(38-30)22-12-13-22)47-24-19-27(32(37)43)41(20-24)29(42)10-8-6-4-3-5-7-9-23-18-25(23)34(44)40-49(45,46)36(2)15-16-36/h7,9,11,14,17,22-25,27H,3-6,8,10,12-13,15-16,18-20H2,1-2H3,(H2,37,43)(H,40,44)/b9-7-/t23-,24-,25+,27+/m1/s1. The number of carbonyl (C=O) groups excluding carboxylic acids is 3. The van der Waals surface area contributed by atoms with Gasteiger partial charge in [-0.05, 0) is 83.3 Å². The van der Waals surface area contributed by atoms with Crippen molar-refractivity contribution >= 4 is 49.8 Å². The number of aryl methyl sites for hydroxylation is 1. The number of sulfonamides is 1. The topological polar surface area (TPSA) is 175 Å². The summed E-state index contributed by atoms with van der Waals surface area (Å²) in [6.07, 6.45) is 12.5. The van der Waals surface area contributed by atoms with Gasteiger partial charge in [0.05, 0.1) is 11.3 Å². The van der Waals surface area contributed by atoms with Gasteiger partial charge in [0, 0.05) is 30.1 Å². The molecule has 1 aliphatic heterocycles. The molecule has 3 saturated carbocycles. The fourth-order valence-electron chi connectivity index (χ4n) is 6.75. The van der Waals surface area contributed by atoms with Gasteiger partial charge in [0.15, 0.2) is 0 Å². The van der Waals surface area contributed by atoms with Crippen LogP contribution in [0.3, 0.4) is 0 Å². The van der Waals surface area contributed by atoms with E-state index >= 15 is 0 Å². The average Bonchev–Trinajstić information content (AvgIpc) is 3.99. The second-order valence-electron chi connectivity index (χ2n) is 14.7. The Kier molecular flexibility index (Phi) is 8.91. The molecule has 3 aliphatic carbocycles. The quantitative estimate of drug-likeness (QED) is 0.165. The summed E-state index contributed by atoms with van der Waals surface area (Å²) in [6.45, 7) is 3.94. The highest BCUT2D eigenvalue weighted by molar-refractivity contribution is 7.91. The van der Waals surface area contributed by atoms with E-state index < -0.39 is 38.7 Å². The lowest BCUT2D eigenvalue weighted by Gasteiger charge is -2.21. The Morgan fingerprint density at radius 1 is 1.12 bits per heavy atom. The first kappa shape index (κ1) is 33.5. The third-order valence-corrected chi connectivity index (χ3v) is 12.7. The zero-order valence-electron chi connectivity index (χ0n) is 28.2. The number of fused-ring (bicyclic) bond motifs is 3. The molecule has 4 fully saturated rings. The summed E-state index contributed by atoms with van der Waals surface area (Å²) < 4.78 is 38.6. The molecule has 2 aromatic heterocycles. The number of hydrogen-bond donors (Lipinski definition) is 2. The van der Waals surface area contributed by atoms with Crippen molar-refractivity contribution in [3.8, 4) is 5.88 Å². The van der Waals surface area contributed by atoms with Crippen LogP contribution in [0.2, 0.25) is 0 Å².